The van der Waals surface area contributed by atoms with Crippen molar-refractivity contribution in [3.05, 3.63) is 57.0 Å². The summed E-state index contributed by atoms with van der Waals surface area (Å²) in [6.45, 7) is 0.390. The fraction of sp³-hybridized carbons (Fsp3) is 0.133. The number of halogens is 3. The molecule has 0 unspecified atom stereocenters. The van der Waals surface area contributed by atoms with Crippen molar-refractivity contribution in [3.63, 3.8) is 0 Å². The van der Waals surface area contributed by atoms with Crippen LogP contribution in [0.5, 0.6) is 5.75 Å². The highest BCUT2D eigenvalue weighted by Gasteiger charge is 2.11. The van der Waals surface area contributed by atoms with Crippen LogP contribution in [0.25, 0.3) is 10.2 Å². The summed E-state index contributed by atoms with van der Waals surface area (Å²) in [6, 6.07) is 11.6. The van der Waals surface area contributed by atoms with E-state index in [2.05, 4.69) is 27.0 Å². The predicted octanol–water partition coefficient (Wildman–Crippen LogP) is 6.08. The second kappa shape index (κ2) is 6.53. The van der Waals surface area contributed by atoms with Crippen molar-refractivity contribution in [2.45, 2.75) is 11.9 Å². The first kappa shape index (κ1) is 15.1. The molecule has 3 aromatic rings. The summed E-state index contributed by atoms with van der Waals surface area (Å²) < 4.78 is 7.01. The maximum atomic E-state index is 6.21. The first-order valence-electron chi connectivity index (χ1n) is 6.18. The Bertz CT molecular complexity index is 757. The van der Waals surface area contributed by atoms with Crippen LogP contribution in [-0.2, 0) is 11.9 Å². The summed E-state index contributed by atoms with van der Waals surface area (Å²) in [4.78, 5) is 4.54. The molecule has 0 fully saturated rings. The molecular formula is C15H10BrCl2NOS. The number of fused-ring (bicyclic) bond motifs is 1. The fourth-order valence-electron chi connectivity index (χ4n) is 1.99. The molecule has 0 aliphatic carbocycles. The van der Waals surface area contributed by atoms with E-state index in [0.717, 1.165) is 20.8 Å². The molecule has 0 bridgehead atoms. The lowest BCUT2D eigenvalue weighted by atomic mass is 10.2. The summed E-state index contributed by atoms with van der Waals surface area (Å²) in [6.07, 6.45) is 0. The average molecular weight is 403 g/mol. The van der Waals surface area contributed by atoms with Crippen LogP contribution in [0.15, 0.2) is 36.4 Å². The van der Waals surface area contributed by atoms with E-state index < -0.39 is 0 Å². The van der Waals surface area contributed by atoms with Crippen LogP contribution >= 0.6 is 50.5 Å². The van der Waals surface area contributed by atoms with Gasteiger partial charge in [-0.1, -0.05) is 51.3 Å². The Morgan fingerprint density at radius 1 is 1.19 bits per heavy atom. The third-order valence-electron chi connectivity index (χ3n) is 2.91. The molecule has 0 aliphatic rings. The third kappa shape index (κ3) is 3.34. The van der Waals surface area contributed by atoms with Crippen molar-refractivity contribution in [1.29, 1.82) is 0 Å². The molecule has 0 amide bonds. The lowest BCUT2D eigenvalue weighted by Crippen LogP contribution is -1.98. The molecule has 1 heterocycles. The van der Waals surface area contributed by atoms with Crippen molar-refractivity contribution in [2.24, 2.45) is 0 Å². The van der Waals surface area contributed by atoms with Gasteiger partial charge < -0.3 is 4.74 Å². The molecular weight excluding hydrogens is 393 g/mol. The molecule has 108 valence electrons. The Hall–Kier alpha value is -0.810. The van der Waals surface area contributed by atoms with E-state index in [1.165, 1.54) is 0 Å². The van der Waals surface area contributed by atoms with Gasteiger partial charge in [-0.3, -0.25) is 0 Å². The molecule has 2 aromatic carbocycles. The van der Waals surface area contributed by atoms with Crippen LogP contribution in [0.1, 0.15) is 10.6 Å². The van der Waals surface area contributed by atoms with Gasteiger partial charge in [0.1, 0.15) is 17.4 Å². The number of hydrogen-bond acceptors (Lipinski definition) is 3. The number of nitrogens with zero attached hydrogens (tertiary/aromatic N) is 1. The van der Waals surface area contributed by atoms with Crippen molar-refractivity contribution in [3.8, 4) is 5.75 Å². The van der Waals surface area contributed by atoms with Crippen molar-refractivity contribution < 1.29 is 4.74 Å². The van der Waals surface area contributed by atoms with Crippen molar-refractivity contribution in [2.75, 3.05) is 0 Å². The van der Waals surface area contributed by atoms with Crippen LogP contribution < -0.4 is 4.74 Å². The summed E-state index contributed by atoms with van der Waals surface area (Å²) in [5, 5.41) is 2.66. The maximum Gasteiger partial charge on any atom is 0.142 e. The van der Waals surface area contributed by atoms with Crippen molar-refractivity contribution >= 4 is 60.7 Å². The second-order valence-electron chi connectivity index (χ2n) is 4.37. The molecule has 3 rings (SSSR count). The van der Waals surface area contributed by atoms with E-state index in [9.17, 15) is 0 Å². The molecule has 0 saturated carbocycles. The summed E-state index contributed by atoms with van der Waals surface area (Å²) in [7, 11) is 0. The lowest BCUT2D eigenvalue weighted by molar-refractivity contribution is 0.304. The zero-order chi connectivity index (χ0) is 14.8. The zero-order valence-corrected chi connectivity index (χ0v) is 14.7. The van der Waals surface area contributed by atoms with Crippen molar-refractivity contribution in [1.82, 2.24) is 4.98 Å². The molecule has 0 atom stereocenters. The average Bonchev–Trinajstić information content (AvgIpc) is 2.88. The molecule has 2 nitrogen and oxygen atoms in total. The number of rotatable bonds is 4. The van der Waals surface area contributed by atoms with E-state index in [-0.39, 0.29) is 0 Å². The SMILES string of the molecule is Clc1cc(Cl)c(OCc2nc3ccccc3s2)c(CBr)c1. The van der Waals surface area contributed by atoms with Crippen LogP contribution in [-0.4, -0.2) is 4.98 Å². The topological polar surface area (TPSA) is 22.1 Å². The molecule has 0 spiro atoms. The Kier molecular flexibility index (Phi) is 4.69. The Labute approximate surface area is 144 Å². The van der Waals surface area contributed by atoms with Crippen LogP contribution in [0.3, 0.4) is 0 Å². The second-order valence-corrected chi connectivity index (χ2v) is 6.89. The van der Waals surface area contributed by atoms with Gasteiger partial charge in [-0.2, -0.15) is 0 Å². The van der Waals surface area contributed by atoms with Gasteiger partial charge in [0, 0.05) is 15.9 Å². The monoisotopic (exact) mass is 401 g/mol. The Morgan fingerprint density at radius 2 is 2.00 bits per heavy atom. The predicted molar refractivity (Wildman–Crippen MR) is 93.0 cm³/mol. The molecule has 0 aliphatic heterocycles. The highest BCUT2D eigenvalue weighted by molar-refractivity contribution is 9.08. The minimum atomic E-state index is 0.390. The normalized spacial score (nSPS) is 11.0. The molecule has 21 heavy (non-hydrogen) atoms. The first-order chi connectivity index (χ1) is 10.2. The van der Waals surface area contributed by atoms with Gasteiger partial charge in [0.25, 0.3) is 0 Å². The van der Waals surface area contributed by atoms with Gasteiger partial charge in [-0.25, -0.2) is 4.98 Å². The van der Waals surface area contributed by atoms with Gasteiger partial charge in [0.05, 0.1) is 15.2 Å². The highest BCUT2D eigenvalue weighted by atomic mass is 79.9. The summed E-state index contributed by atoms with van der Waals surface area (Å²) >= 11 is 17.3. The largest absolute Gasteiger partial charge is 0.485 e. The van der Waals surface area contributed by atoms with E-state index in [4.69, 9.17) is 27.9 Å². The number of benzene rings is 2. The third-order valence-corrected chi connectivity index (χ3v) is 5.02. The van der Waals surface area contributed by atoms with Crippen LogP contribution in [0.4, 0.5) is 0 Å². The summed E-state index contributed by atoms with van der Waals surface area (Å²) in [5.74, 6) is 0.650. The molecule has 0 N–H and O–H groups in total. The zero-order valence-electron chi connectivity index (χ0n) is 10.8. The minimum absolute atomic E-state index is 0.390. The molecule has 6 heteroatoms. The minimum Gasteiger partial charge on any atom is -0.485 e. The fourth-order valence-corrected chi connectivity index (χ4v) is 3.88. The number of hydrogen-bond donors (Lipinski definition) is 0. The van der Waals surface area contributed by atoms with Gasteiger partial charge in [-0.05, 0) is 24.3 Å². The number of thiazole rings is 1. The lowest BCUT2D eigenvalue weighted by Gasteiger charge is -2.11. The molecule has 0 radical (unpaired) electrons. The smallest absolute Gasteiger partial charge is 0.142 e. The maximum absolute atomic E-state index is 6.21. The van der Waals surface area contributed by atoms with Gasteiger partial charge in [0.15, 0.2) is 0 Å². The summed E-state index contributed by atoms with van der Waals surface area (Å²) in [5.41, 5.74) is 1.91. The van der Waals surface area contributed by atoms with E-state index in [0.29, 0.717) is 27.7 Å². The van der Waals surface area contributed by atoms with Gasteiger partial charge >= 0.3 is 0 Å². The molecule has 0 saturated heterocycles. The quantitative estimate of drug-likeness (QED) is 0.493. The van der Waals surface area contributed by atoms with E-state index in [1.54, 1.807) is 17.4 Å². The Morgan fingerprint density at radius 3 is 2.76 bits per heavy atom. The van der Waals surface area contributed by atoms with E-state index in [1.807, 2.05) is 24.3 Å². The molecule has 1 aromatic heterocycles. The first-order valence-corrected chi connectivity index (χ1v) is 8.88. The highest BCUT2D eigenvalue weighted by Crippen LogP contribution is 2.34. The number of para-hydroxylation sites is 1. The standard InChI is InChI=1S/C15H10BrCl2NOS/c16-7-9-5-10(17)6-11(18)15(9)20-8-14-19-12-3-1-2-4-13(12)21-14/h1-6H,7-8H2. The van der Waals surface area contributed by atoms with E-state index >= 15 is 0 Å². The Balaban J connectivity index is 1.84. The number of ether oxygens (including phenoxy) is 1. The van der Waals surface area contributed by atoms with Crippen LogP contribution in [0.2, 0.25) is 10.0 Å². The number of aromatic nitrogens is 1. The van der Waals surface area contributed by atoms with Gasteiger partial charge in [0.2, 0.25) is 0 Å². The number of alkyl halides is 1. The van der Waals surface area contributed by atoms with Gasteiger partial charge in [-0.15, -0.1) is 11.3 Å². The van der Waals surface area contributed by atoms with Crippen LogP contribution in [0, 0.1) is 0 Å².